The predicted octanol–water partition coefficient (Wildman–Crippen LogP) is 1.83. The molecule has 0 aliphatic carbocycles. The van der Waals surface area contributed by atoms with Crippen molar-refractivity contribution in [2.75, 3.05) is 6.61 Å². The van der Waals surface area contributed by atoms with E-state index < -0.39 is 11.5 Å². The Labute approximate surface area is 96.8 Å². The van der Waals surface area contributed by atoms with Crippen molar-refractivity contribution in [3.63, 3.8) is 0 Å². The third-order valence-corrected chi connectivity index (χ3v) is 2.62. The monoisotopic (exact) mass is 249 g/mol. The van der Waals surface area contributed by atoms with E-state index in [1.807, 2.05) is 0 Å². The van der Waals surface area contributed by atoms with Crippen LogP contribution in [0.5, 0.6) is 0 Å². The number of rotatable bonds is 4. The molecule has 6 heteroatoms. The van der Waals surface area contributed by atoms with Crippen LogP contribution in [0.3, 0.4) is 0 Å². The van der Waals surface area contributed by atoms with E-state index >= 15 is 0 Å². The van der Waals surface area contributed by atoms with Crippen LogP contribution in [-0.4, -0.2) is 23.2 Å². The lowest BCUT2D eigenvalue weighted by atomic mass is 10.2. The Balaban J connectivity index is 2.41. The molecule has 0 saturated carbocycles. The molecule has 0 bridgehead atoms. The van der Waals surface area contributed by atoms with Gasteiger partial charge in [0.2, 0.25) is 0 Å². The first-order chi connectivity index (χ1) is 6.90. The highest BCUT2D eigenvalue weighted by Crippen LogP contribution is 2.22. The molecule has 1 rings (SSSR count). The van der Waals surface area contributed by atoms with Gasteiger partial charge in [0.15, 0.2) is 0 Å². The van der Waals surface area contributed by atoms with Gasteiger partial charge in [0, 0.05) is 0 Å². The Bertz CT molecular complexity index is 345. The van der Waals surface area contributed by atoms with Crippen LogP contribution in [0.4, 0.5) is 0 Å². The molecule has 2 N–H and O–H groups in total. The van der Waals surface area contributed by atoms with Gasteiger partial charge >= 0.3 is 0 Å². The van der Waals surface area contributed by atoms with Crippen molar-refractivity contribution in [1.82, 2.24) is 5.48 Å². The summed E-state index contributed by atoms with van der Waals surface area (Å²) < 4.78 is 0.416. The molecule has 1 heterocycles. The van der Waals surface area contributed by atoms with Gasteiger partial charge in [-0.1, -0.05) is 11.6 Å². The molecule has 1 amide bonds. The molecule has 4 nitrogen and oxygen atoms in total. The average Bonchev–Trinajstić information content (AvgIpc) is 2.48. The lowest BCUT2D eigenvalue weighted by Crippen LogP contribution is -2.33. The van der Waals surface area contributed by atoms with Crippen LogP contribution < -0.4 is 5.48 Å². The molecule has 0 aliphatic rings. The maximum Gasteiger partial charge on any atom is 0.277 e. The van der Waals surface area contributed by atoms with Gasteiger partial charge in [-0.25, -0.2) is 5.48 Å². The van der Waals surface area contributed by atoms with E-state index in [4.69, 9.17) is 16.4 Å². The molecular formula is C9H12ClNO3S. The van der Waals surface area contributed by atoms with E-state index in [-0.39, 0.29) is 6.61 Å². The zero-order valence-corrected chi connectivity index (χ0v) is 9.98. The number of carbonyl (C=O) groups excluding carboxylic acids is 1. The van der Waals surface area contributed by atoms with Crippen LogP contribution in [-0.2, 0) is 4.84 Å². The zero-order valence-electron chi connectivity index (χ0n) is 8.41. The predicted molar refractivity (Wildman–Crippen MR) is 59.0 cm³/mol. The van der Waals surface area contributed by atoms with Crippen LogP contribution in [0.2, 0.25) is 4.34 Å². The van der Waals surface area contributed by atoms with Crippen LogP contribution in [0.25, 0.3) is 0 Å². The first kappa shape index (κ1) is 12.4. The summed E-state index contributed by atoms with van der Waals surface area (Å²) in [6, 6.07) is 1.61. The molecule has 0 aromatic carbocycles. The third-order valence-electron chi connectivity index (χ3n) is 1.45. The van der Waals surface area contributed by atoms with Crippen molar-refractivity contribution in [1.29, 1.82) is 0 Å². The molecule has 1 aromatic heterocycles. The highest BCUT2D eigenvalue weighted by molar-refractivity contribution is 7.14. The van der Waals surface area contributed by atoms with Gasteiger partial charge in [-0.05, 0) is 25.3 Å². The van der Waals surface area contributed by atoms with Crippen molar-refractivity contribution in [2.24, 2.45) is 0 Å². The number of carbonyl (C=O) groups is 1. The fourth-order valence-electron chi connectivity index (χ4n) is 0.789. The fourth-order valence-corrected chi connectivity index (χ4v) is 1.70. The molecule has 0 aliphatic heterocycles. The molecule has 0 radical (unpaired) electrons. The highest BCUT2D eigenvalue weighted by Gasteiger charge is 2.15. The van der Waals surface area contributed by atoms with Gasteiger partial charge < -0.3 is 5.11 Å². The molecule has 0 fully saturated rings. The topological polar surface area (TPSA) is 58.6 Å². The molecule has 15 heavy (non-hydrogen) atoms. The first-order valence-electron chi connectivity index (χ1n) is 4.27. The zero-order chi connectivity index (χ0) is 11.5. The van der Waals surface area contributed by atoms with Crippen molar-refractivity contribution in [2.45, 2.75) is 19.4 Å². The lowest BCUT2D eigenvalue weighted by Gasteiger charge is -2.16. The van der Waals surface area contributed by atoms with E-state index in [9.17, 15) is 9.90 Å². The van der Waals surface area contributed by atoms with Crippen LogP contribution in [0, 0.1) is 0 Å². The minimum absolute atomic E-state index is 0.0144. The van der Waals surface area contributed by atoms with E-state index in [0.29, 0.717) is 9.90 Å². The Morgan fingerprint density at radius 2 is 2.40 bits per heavy atom. The van der Waals surface area contributed by atoms with E-state index in [2.05, 4.69) is 5.48 Å². The summed E-state index contributed by atoms with van der Waals surface area (Å²) in [6.45, 7) is 3.17. The number of hydrogen-bond acceptors (Lipinski definition) is 4. The third kappa shape index (κ3) is 4.17. The number of amides is 1. The summed E-state index contributed by atoms with van der Waals surface area (Å²) in [5.74, 6) is -0.412. The maximum absolute atomic E-state index is 11.4. The molecule has 0 saturated heterocycles. The molecule has 0 unspecified atom stereocenters. The standard InChI is InChI=1S/C9H12ClNO3S/c1-9(2,13)5-14-11-8(12)6-3-4-15-7(6)10/h3-4,13H,5H2,1-2H3,(H,11,12). The van der Waals surface area contributed by atoms with Gasteiger partial charge in [-0.15, -0.1) is 11.3 Å². The van der Waals surface area contributed by atoms with E-state index in [1.165, 1.54) is 11.3 Å². The summed E-state index contributed by atoms with van der Waals surface area (Å²) in [5.41, 5.74) is 1.60. The van der Waals surface area contributed by atoms with Gasteiger partial charge in [0.1, 0.15) is 10.9 Å². The summed E-state index contributed by atoms with van der Waals surface area (Å²) >= 11 is 7.03. The Morgan fingerprint density at radius 1 is 1.73 bits per heavy atom. The highest BCUT2D eigenvalue weighted by atomic mass is 35.5. The van der Waals surface area contributed by atoms with E-state index in [0.717, 1.165) is 0 Å². The average molecular weight is 250 g/mol. The van der Waals surface area contributed by atoms with Gasteiger partial charge in [0.05, 0.1) is 11.2 Å². The van der Waals surface area contributed by atoms with Crippen LogP contribution >= 0.6 is 22.9 Å². The number of aliphatic hydroxyl groups is 1. The molecule has 0 spiro atoms. The normalized spacial score (nSPS) is 11.5. The number of hydroxylamine groups is 1. The van der Waals surface area contributed by atoms with Crippen molar-refractivity contribution in [3.8, 4) is 0 Å². The maximum atomic E-state index is 11.4. The minimum atomic E-state index is -0.980. The number of thiophene rings is 1. The summed E-state index contributed by atoms with van der Waals surface area (Å²) in [4.78, 5) is 16.3. The first-order valence-corrected chi connectivity index (χ1v) is 5.53. The summed E-state index contributed by atoms with van der Waals surface area (Å²) in [5, 5.41) is 11.0. The largest absolute Gasteiger partial charge is 0.388 e. The molecule has 84 valence electrons. The molecular weight excluding hydrogens is 238 g/mol. The summed E-state index contributed by atoms with van der Waals surface area (Å²) in [6.07, 6.45) is 0. The smallest absolute Gasteiger partial charge is 0.277 e. The Morgan fingerprint density at radius 3 is 2.87 bits per heavy atom. The quantitative estimate of drug-likeness (QED) is 0.801. The van der Waals surface area contributed by atoms with Crippen molar-refractivity contribution < 1.29 is 14.7 Å². The SMILES string of the molecule is CC(C)(O)CONC(=O)c1ccsc1Cl. The Hall–Kier alpha value is -0.620. The molecule has 0 atom stereocenters. The molecule has 1 aromatic rings. The van der Waals surface area contributed by atoms with Crippen molar-refractivity contribution >= 4 is 28.8 Å². The van der Waals surface area contributed by atoms with Crippen LogP contribution in [0.15, 0.2) is 11.4 Å². The minimum Gasteiger partial charge on any atom is -0.388 e. The lowest BCUT2D eigenvalue weighted by molar-refractivity contribution is -0.0522. The Kier molecular flexibility index (Phi) is 4.10. The van der Waals surface area contributed by atoms with Gasteiger partial charge in [-0.3, -0.25) is 9.63 Å². The van der Waals surface area contributed by atoms with E-state index in [1.54, 1.807) is 25.3 Å². The summed E-state index contributed by atoms with van der Waals surface area (Å²) in [7, 11) is 0. The number of nitrogens with one attached hydrogen (secondary N) is 1. The van der Waals surface area contributed by atoms with Gasteiger partial charge in [-0.2, -0.15) is 0 Å². The van der Waals surface area contributed by atoms with Gasteiger partial charge in [0.25, 0.3) is 5.91 Å². The number of halogens is 1. The second-order valence-corrected chi connectivity index (χ2v) is 5.16. The second-order valence-electron chi connectivity index (χ2n) is 3.64. The number of hydrogen-bond donors (Lipinski definition) is 2. The fraction of sp³-hybridized carbons (Fsp3) is 0.444. The second kappa shape index (κ2) is 4.94. The van der Waals surface area contributed by atoms with Crippen molar-refractivity contribution in [3.05, 3.63) is 21.3 Å². The van der Waals surface area contributed by atoms with Crippen LogP contribution in [0.1, 0.15) is 24.2 Å².